The van der Waals surface area contributed by atoms with E-state index in [-0.39, 0.29) is 11.7 Å². The lowest BCUT2D eigenvalue weighted by Crippen LogP contribution is -2.37. The Morgan fingerprint density at radius 1 is 1.35 bits per heavy atom. The van der Waals surface area contributed by atoms with Crippen molar-refractivity contribution < 1.29 is 9.47 Å². The van der Waals surface area contributed by atoms with Crippen LogP contribution in [0.25, 0.3) is 0 Å². The van der Waals surface area contributed by atoms with Crippen LogP contribution in [0.1, 0.15) is 38.7 Å². The quantitative estimate of drug-likeness (QED) is 0.827. The monoisotopic (exact) mass is 271 g/mol. The Morgan fingerprint density at radius 2 is 2.15 bits per heavy atom. The maximum atomic E-state index is 9.67. The summed E-state index contributed by atoms with van der Waals surface area (Å²) in [6.45, 7) is 4.72. The third-order valence-electron chi connectivity index (χ3n) is 4.42. The van der Waals surface area contributed by atoms with Crippen LogP contribution >= 0.6 is 0 Å². The van der Waals surface area contributed by atoms with Crippen LogP contribution in [0.2, 0.25) is 0 Å². The Morgan fingerprint density at radius 3 is 2.85 bits per heavy atom. The molecular weight excluding hydrogens is 250 g/mol. The molecule has 0 amide bonds. The molecule has 20 heavy (non-hydrogen) atoms. The van der Waals surface area contributed by atoms with Crippen LogP contribution in [0.3, 0.4) is 0 Å². The van der Waals surface area contributed by atoms with Gasteiger partial charge in [-0.25, -0.2) is 0 Å². The maximum Gasteiger partial charge on any atom is 0.122 e. The number of para-hydroxylation sites is 1. The molecular formula is C17H21NO2. The first kappa shape index (κ1) is 13.5. The molecule has 0 spiro atoms. The van der Waals surface area contributed by atoms with Gasteiger partial charge in [-0.15, -0.1) is 0 Å². The molecule has 0 radical (unpaired) electrons. The Bertz CT molecular complexity index is 546. The Balaban J connectivity index is 1.76. The van der Waals surface area contributed by atoms with Gasteiger partial charge in [0.1, 0.15) is 12.4 Å². The summed E-state index contributed by atoms with van der Waals surface area (Å²) in [6, 6.07) is 10.5. The average Bonchev–Trinajstić information content (AvgIpc) is 2.77. The molecule has 1 aromatic carbocycles. The molecule has 3 rings (SSSR count). The Hall–Kier alpha value is -1.53. The molecule has 106 valence electrons. The van der Waals surface area contributed by atoms with Crippen molar-refractivity contribution in [3.05, 3.63) is 29.8 Å². The van der Waals surface area contributed by atoms with Crippen LogP contribution in [0.4, 0.5) is 0 Å². The van der Waals surface area contributed by atoms with Crippen LogP contribution in [-0.4, -0.2) is 18.3 Å². The number of nitriles is 1. The van der Waals surface area contributed by atoms with Crippen LogP contribution in [0, 0.1) is 16.7 Å². The van der Waals surface area contributed by atoms with E-state index in [1.807, 2.05) is 18.2 Å². The minimum Gasteiger partial charge on any atom is -0.492 e. The van der Waals surface area contributed by atoms with E-state index in [1.54, 1.807) is 0 Å². The summed E-state index contributed by atoms with van der Waals surface area (Å²) in [5, 5.41) is 9.67. The second-order valence-corrected chi connectivity index (χ2v) is 6.71. The summed E-state index contributed by atoms with van der Waals surface area (Å²) in [7, 11) is 0. The summed E-state index contributed by atoms with van der Waals surface area (Å²) in [5.74, 6) is 0.922. The molecule has 0 N–H and O–H groups in total. The lowest BCUT2D eigenvalue weighted by atomic mass is 9.77. The lowest BCUT2D eigenvalue weighted by molar-refractivity contribution is -0.0356. The molecule has 2 heterocycles. The molecule has 1 aromatic rings. The van der Waals surface area contributed by atoms with Gasteiger partial charge in [0.2, 0.25) is 0 Å². The average molecular weight is 271 g/mol. The van der Waals surface area contributed by atoms with Crippen LogP contribution in [0.5, 0.6) is 5.75 Å². The number of hydrogen-bond acceptors (Lipinski definition) is 3. The van der Waals surface area contributed by atoms with E-state index in [4.69, 9.17) is 9.47 Å². The van der Waals surface area contributed by atoms with E-state index >= 15 is 0 Å². The van der Waals surface area contributed by atoms with Gasteiger partial charge in [-0.1, -0.05) is 18.2 Å². The highest BCUT2D eigenvalue weighted by atomic mass is 16.5. The zero-order chi connectivity index (χ0) is 14.2. The fourth-order valence-electron chi connectivity index (χ4n) is 3.33. The minimum absolute atomic E-state index is 0.0469. The Kier molecular flexibility index (Phi) is 3.22. The maximum absolute atomic E-state index is 9.67. The highest BCUT2D eigenvalue weighted by Gasteiger charge is 2.42. The molecule has 3 nitrogen and oxygen atoms in total. The molecule has 2 aliphatic rings. The molecule has 2 atom stereocenters. The second kappa shape index (κ2) is 4.79. The number of hydrogen-bond donors (Lipinski definition) is 0. The zero-order valence-corrected chi connectivity index (χ0v) is 12.2. The van der Waals surface area contributed by atoms with Crippen molar-refractivity contribution >= 4 is 0 Å². The highest BCUT2D eigenvalue weighted by molar-refractivity contribution is 5.37. The molecule has 3 heteroatoms. The lowest BCUT2D eigenvalue weighted by Gasteiger charge is -2.34. The second-order valence-electron chi connectivity index (χ2n) is 6.71. The van der Waals surface area contributed by atoms with Gasteiger partial charge in [-0.3, -0.25) is 0 Å². The first-order valence-corrected chi connectivity index (χ1v) is 7.32. The van der Waals surface area contributed by atoms with E-state index in [1.165, 1.54) is 0 Å². The van der Waals surface area contributed by atoms with Crippen molar-refractivity contribution in [3.63, 3.8) is 0 Å². The van der Waals surface area contributed by atoms with E-state index in [9.17, 15) is 5.26 Å². The number of nitrogens with zero attached hydrogens (tertiary/aromatic N) is 1. The number of fused-ring (bicyclic) bond motifs is 1. The smallest absolute Gasteiger partial charge is 0.122 e. The molecule has 0 aromatic heterocycles. The highest BCUT2D eigenvalue weighted by Crippen LogP contribution is 2.41. The van der Waals surface area contributed by atoms with E-state index in [2.05, 4.69) is 26.0 Å². The Labute approximate surface area is 120 Å². The summed E-state index contributed by atoms with van der Waals surface area (Å²) < 4.78 is 11.9. The van der Waals surface area contributed by atoms with E-state index in [0.29, 0.717) is 6.61 Å². The molecule has 1 saturated heterocycles. The predicted octanol–water partition coefficient (Wildman–Crippen LogP) is 3.48. The van der Waals surface area contributed by atoms with Crippen molar-refractivity contribution in [1.82, 2.24) is 0 Å². The van der Waals surface area contributed by atoms with Crippen molar-refractivity contribution in [3.8, 4) is 11.8 Å². The number of rotatable bonds is 2. The normalized spacial score (nSPS) is 31.1. The summed E-state index contributed by atoms with van der Waals surface area (Å²) in [5.41, 5.74) is 0.645. The van der Waals surface area contributed by atoms with Crippen LogP contribution < -0.4 is 4.74 Å². The van der Waals surface area contributed by atoms with Gasteiger partial charge in [0.25, 0.3) is 0 Å². The van der Waals surface area contributed by atoms with E-state index in [0.717, 1.165) is 37.0 Å². The van der Waals surface area contributed by atoms with Crippen molar-refractivity contribution in [1.29, 1.82) is 5.26 Å². The van der Waals surface area contributed by atoms with Gasteiger partial charge in [0.05, 0.1) is 23.2 Å². The van der Waals surface area contributed by atoms with Crippen LogP contribution in [0.15, 0.2) is 24.3 Å². The molecule has 0 saturated carbocycles. The van der Waals surface area contributed by atoms with Gasteiger partial charge in [0, 0.05) is 0 Å². The van der Waals surface area contributed by atoms with Gasteiger partial charge in [-0.2, -0.15) is 5.26 Å². The third kappa shape index (κ3) is 2.53. The first-order valence-electron chi connectivity index (χ1n) is 7.32. The zero-order valence-electron chi connectivity index (χ0n) is 12.2. The van der Waals surface area contributed by atoms with Gasteiger partial charge < -0.3 is 9.47 Å². The van der Waals surface area contributed by atoms with Crippen LogP contribution in [-0.2, 0) is 11.2 Å². The van der Waals surface area contributed by atoms with Crippen molar-refractivity contribution in [2.45, 2.75) is 51.2 Å². The first-order chi connectivity index (χ1) is 9.52. The third-order valence-corrected chi connectivity index (χ3v) is 4.42. The van der Waals surface area contributed by atoms with Gasteiger partial charge in [-0.05, 0) is 51.2 Å². The fraction of sp³-hybridized carbons (Fsp3) is 0.588. The van der Waals surface area contributed by atoms with Gasteiger partial charge >= 0.3 is 0 Å². The summed E-state index contributed by atoms with van der Waals surface area (Å²) in [6.07, 6.45) is 3.81. The summed E-state index contributed by atoms with van der Waals surface area (Å²) >= 11 is 0. The summed E-state index contributed by atoms with van der Waals surface area (Å²) in [4.78, 5) is 0. The molecule has 2 unspecified atom stereocenters. The van der Waals surface area contributed by atoms with Crippen molar-refractivity contribution in [2.75, 3.05) is 6.61 Å². The van der Waals surface area contributed by atoms with Crippen molar-refractivity contribution in [2.24, 2.45) is 5.41 Å². The largest absolute Gasteiger partial charge is 0.492 e. The predicted molar refractivity (Wildman–Crippen MR) is 76.5 cm³/mol. The molecule has 2 aliphatic heterocycles. The van der Waals surface area contributed by atoms with E-state index < -0.39 is 5.41 Å². The van der Waals surface area contributed by atoms with Gasteiger partial charge in [0.15, 0.2) is 0 Å². The number of benzene rings is 1. The standard InChI is InChI=1S/C17H21NO2/c1-16(2)8-7-14(20-16)10-17(11-18)9-13-5-3-4-6-15(13)19-12-17/h3-6,14H,7-10,12H2,1-2H3. The molecule has 0 aliphatic carbocycles. The fourth-order valence-corrected chi connectivity index (χ4v) is 3.33. The SMILES string of the molecule is CC1(C)CCC(CC2(C#N)COc3ccccc3C2)O1. The topological polar surface area (TPSA) is 42.2 Å². The molecule has 0 bridgehead atoms. The minimum atomic E-state index is -0.445. The number of ether oxygens (including phenoxy) is 2. The molecule has 1 fully saturated rings.